The highest BCUT2D eigenvalue weighted by atomic mass is 16.5. The molecule has 0 radical (unpaired) electrons. The quantitative estimate of drug-likeness (QED) is 0.119. The van der Waals surface area contributed by atoms with Crippen molar-refractivity contribution >= 4 is 23.9 Å². The molecule has 2 bridgehead atoms. The van der Waals surface area contributed by atoms with E-state index in [-0.39, 0.29) is 17.6 Å². The molecule has 9 atom stereocenters. The van der Waals surface area contributed by atoms with Crippen LogP contribution in [0.15, 0.2) is 12.1 Å². The topological polar surface area (TPSA) is 285 Å². The fourth-order valence-corrected chi connectivity index (χ4v) is 7.46. The molecule has 2 saturated heterocycles. The number of benzene rings is 1. The Morgan fingerprint density at radius 1 is 0.878 bits per heavy atom. The van der Waals surface area contributed by atoms with Crippen molar-refractivity contribution in [2.24, 2.45) is 5.92 Å². The zero-order valence-corrected chi connectivity index (χ0v) is 26.8. The first kappa shape index (κ1) is 38.2. The Morgan fingerprint density at radius 3 is 1.96 bits per heavy atom. The number of aliphatic carboxylic acids is 4. The number of carbonyl (C=O) groups is 4. The molecule has 0 unspecified atom stereocenters. The molecule has 18 heteroatoms. The molecule has 18 nitrogen and oxygen atoms in total. The van der Waals surface area contributed by atoms with Crippen molar-refractivity contribution in [3.63, 3.8) is 0 Å². The summed E-state index contributed by atoms with van der Waals surface area (Å²) < 4.78 is 18.3. The van der Waals surface area contributed by atoms with Crippen LogP contribution in [0.2, 0.25) is 0 Å². The first-order valence-electron chi connectivity index (χ1n) is 15.9. The lowest BCUT2D eigenvalue weighted by atomic mass is 9.51. The minimum Gasteiger partial charge on any atom is -0.488 e. The number of likely N-dealkylation sites (N-methyl/N-ethyl adjacent to an activating group) is 1. The second-order valence-corrected chi connectivity index (χ2v) is 12.7. The molecule has 0 amide bonds. The molecule has 1 spiro atoms. The SMILES string of the molecule is CN1CC[C@]23c4c5ccc(OCCN6CCOCC6)c4O[C@H]2[C@@H](O)CC[C@H]3[C@H]1C5.O=C(O)[C@H](O)[C@@H](O)C(=O)O.O=C(O)[C@H](O)[C@@H](O)C(=O)O. The van der Waals surface area contributed by atoms with Crippen molar-refractivity contribution in [3.05, 3.63) is 23.3 Å². The maximum Gasteiger partial charge on any atom is 0.335 e. The standard InChI is InChI=1S/C23H32N2O4.2C4H6O6/c1-24-7-6-23-16-3-4-18(26)22(23)29-21-19(5-2-15(20(21)23)14-17(16)24)28-13-10-25-8-11-27-12-9-25;2*5-1(3(7)8)2(6)4(9)10/h2,5,16-18,22,26H,3-4,6-14H2,1H3;2*1-2,5-6H,(H,7,8)(H,9,10)/t16-,17+,18-,22-,23-;2*1-,2-/m011/s1. The summed E-state index contributed by atoms with van der Waals surface area (Å²) in [6, 6.07) is 4.93. The fraction of sp³-hybridized carbons (Fsp3) is 0.677. The second-order valence-electron chi connectivity index (χ2n) is 12.7. The predicted octanol–water partition coefficient (Wildman–Crippen LogP) is -2.82. The molecule has 1 aromatic rings. The van der Waals surface area contributed by atoms with Crippen molar-refractivity contribution in [2.45, 2.75) is 73.8 Å². The summed E-state index contributed by atoms with van der Waals surface area (Å²) >= 11 is 0. The second kappa shape index (κ2) is 15.9. The highest BCUT2D eigenvalue weighted by molar-refractivity contribution is 5.83. The normalized spacial score (nSPS) is 29.2. The van der Waals surface area contributed by atoms with Crippen LogP contribution in [0, 0.1) is 5.92 Å². The largest absolute Gasteiger partial charge is 0.488 e. The number of nitrogens with zero attached hydrogens (tertiary/aromatic N) is 2. The molecule has 0 aromatic heterocycles. The lowest BCUT2D eigenvalue weighted by molar-refractivity contribution is -0.165. The Labute approximate surface area is 280 Å². The third kappa shape index (κ3) is 7.91. The highest BCUT2D eigenvalue weighted by Crippen LogP contribution is 2.63. The summed E-state index contributed by atoms with van der Waals surface area (Å²) in [6.07, 6.45) is -5.46. The first-order chi connectivity index (χ1) is 23.1. The van der Waals surface area contributed by atoms with E-state index in [2.05, 4.69) is 29.0 Å². The van der Waals surface area contributed by atoms with Crippen molar-refractivity contribution in [1.82, 2.24) is 9.80 Å². The van der Waals surface area contributed by atoms with E-state index in [1.54, 1.807) is 0 Å². The van der Waals surface area contributed by atoms with Gasteiger partial charge in [-0.25, -0.2) is 19.2 Å². The van der Waals surface area contributed by atoms with Gasteiger partial charge in [-0.3, -0.25) is 4.90 Å². The summed E-state index contributed by atoms with van der Waals surface area (Å²) in [4.78, 5) is 44.0. The highest BCUT2D eigenvalue weighted by Gasteiger charge is 2.65. The first-order valence-corrected chi connectivity index (χ1v) is 15.9. The van der Waals surface area contributed by atoms with Gasteiger partial charge >= 0.3 is 23.9 Å². The number of carboxylic acids is 4. The number of hydrogen-bond donors (Lipinski definition) is 9. The van der Waals surface area contributed by atoms with Gasteiger partial charge in [-0.2, -0.15) is 0 Å². The number of piperidine rings is 1. The van der Waals surface area contributed by atoms with E-state index in [0.29, 0.717) is 18.6 Å². The number of aliphatic hydroxyl groups excluding tert-OH is 5. The Bertz CT molecular complexity index is 1300. The Balaban J connectivity index is 0.000000225. The van der Waals surface area contributed by atoms with Crippen LogP contribution in [0.4, 0.5) is 0 Å². The summed E-state index contributed by atoms with van der Waals surface area (Å²) in [5.74, 6) is -4.70. The van der Waals surface area contributed by atoms with Crippen LogP contribution in [0.1, 0.15) is 30.4 Å². The molecule has 3 fully saturated rings. The number of rotatable bonds is 10. The molecule has 274 valence electrons. The number of ether oxygens (including phenoxy) is 3. The zero-order valence-electron chi connectivity index (χ0n) is 26.8. The Hall–Kier alpha value is -3.62. The summed E-state index contributed by atoms with van der Waals surface area (Å²) in [5, 5.41) is 75.9. The third-order valence-electron chi connectivity index (χ3n) is 9.93. The minimum absolute atomic E-state index is 0.0264. The zero-order chi connectivity index (χ0) is 36.2. The van der Waals surface area contributed by atoms with Crippen molar-refractivity contribution in [1.29, 1.82) is 0 Å². The molecule has 3 aliphatic heterocycles. The van der Waals surface area contributed by atoms with Crippen molar-refractivity contribution < 1.29 is 79.3 Å². The van der Waals surface area contributed by atoms with Gasteiger partial charge in [0.1, 0.15) is 12.7 Å². The molecule has 1 saturated carbocycles. The number of carboxylic acid groups (broad SMARTS) is 4. The van der Waals surface area contributed by atoms with Gasteiger partial charge < -0.3 is 65.1 Å². The van der Waals surface area contributed by atoms with Gasteiger partial charge in [0.25, 0.3) is 0 Å². The van der Waals surface area contributed by atoms with E-state index >= 15 is 0 Å². The number of likely N-dealkylation sites (tertiary alicyclic amines) is 1. The summed E-state index contributed by atoms with van der Waals surface area (Å²) in [6.45, 7) is 6.22. The van der Waals surface area contributed by atoms with E-state index < -0.39 is 48.3 Å². The smallest absolute Gasteiger partial charge is 0.335 e. The van der Waals surface area contributed by atoms with Crippen LogP contribution in [0.3, 0.4) is 0 Å². The lowest BCUT2D eigenvalue weighted by Crippen LogP contribution is -2.66. The average Bonchev–Trinajstić information content (AvgIpc) is 3.43. The van der Waals surface area contributed by atoms with Crippen LogP contribution >= 0.6 is 0 Å². The molecular formula is C31H44N2O16. The maximum atomic E-state index is 10.9. The van der Waals surface area contributed by atoms with E-state index in [0.717, 1.165) is 76.6 Å². The predicted molar refractivity (Wildman–Crippen MR) is 163 cm³/mol. The Morgan fingerprint density at radius 2 is 1.43 bits per heavy atom. The summed E-state index contributed by atoms with van der Waals surface area (Å²) in [5.41, 5.74) is 2.76. The van der Waals surface area contributed by atoms with Gasteiger partial charge in [0.15, 0.2) is 35.9 Å². The minimum atomic E-state index is -2.27. The van der Waals surface area contributed by atoms with E-state index in [4.69, 9.17) is 55.1 Å². The number of hydrogen-bond acceptors (Lipinski definition) is 14. The third-order valence-corrected chi connectivity index (χ3v) is 9.93. The fourth-order valence-electron chi connectivity index (χ4n) is 7.46. The van der Waals surface area contributed by atoms with Crippen LogP contribution in [0.5, 0.6) is 11.5 Å². The van der Waals surface area contributed by atoms with Crippen LogP contribution in [-0.2, 0) is 35.8 Å². The van der Waals surface area contributed by atoms with Gasteiger partial charge in [0.2, 0.25) is 0 Å². The monoisotopic (exact) mass is 700 g/mol. The van der Waals surface area contributed by atoms with E-state index in [9.17, 15) is 24.3 Å². The average molecular weight is 701 g/mol. The van der Waals surface area contributed by atoms with Crippen LogP contribution in [0.25, 0.3) is 0 Å². The van der Waals surface area contributed by atoms with Crippen LogP contribution < -0.4 is 9.47 Å². The van der Waals surface area contributed by atoms with Gasteiger partial charge in [0, 0.05) is 36.7 Å². The lowest BCUT2D eigenvalue weighted by Gasteiger charge is -2.58. The molecule has 2 aliphatic carbocycles. The molecule has 5 aliphatic rings. The molecule has 3 heterocycles. The van der Waals surface area contributed by atoms with Crippen LogP contribution in [-0.4, -0.2) is 175 Å². The van der Waals surface area contributed by atoms with Gasteiger partial charge in [-0.1, -0.05) is 6.07 Å². The van der Waals surface area contributed by atoms with Gasteiger partial charge in [-0.05, 0) is 56.8 Å². The summed E-state index contributed by atoms with van der Waals surface area (Å²) in [7, 11) is 2.27. The van der Waals surface area contributed by atoms with Crippen molar-refractivity contribution in [3.8, 4) is 11.5 Å². The van der Waals surface area contributed by atoms with Crippen molar-refractivity contribution in [2.75, 3.05) is 53.0 Å². The van der Waals surface area contributed by atoms with Gasteiger partial charge in [0.05, 0.1) is 19.3 Å². The molecular weight excluding hydrogens is 656 g/mol. The molecule has 6 rings (SSSR count). The van der Waals surface area contributed by atoms with E-state index in [1.165, 1.54) is 11.1 Å². The van der Waals surface area contributed by atoms with E-state index in [1.807, 2.05) is 0 Å². The molecule has 1 aromatic carbocycles. The molecule has 9 N–H and O–H groups in total. The maximum absolute atomic E-state index is 10.9. The number of aliphatic hydroxyl groups is 5. The molecule has 49 heavy (non-hydrogen) atoms. The Kier molecular flexibility index (Phi) is 12.4. The van der Waals surface area contributed by atoms with Gasteiger partial charge in [-0.15, -0.1) is 0 Å². The number of morpholine rings is 1.